The molecule has 1 N–H and O–H groups in total. The van der Waals surface area contributed by atoms with E-state index in [1.54, 1.807) is 22.0 Å². The van der Waals surface area contributed by atoms with Gasteiger partial charge in [0.1, 0.15) is 11.6 Å². The van der Waals surface area contributed by atoms with E-state index in [0.29, 0.717) is 39.0 Å². The Morgan fingerprint density at radius 2 is 1.70 bits per heavy atom. The number of amides is 3. The second-order valence-electron chi connectivity index (χ2n) is 12.8. The van der Waals surface area contributed by atoms with Crippen LogP contribution in [0.4, 0.5) is 0 Å². The van der Waals surface area contributed by atoms with Crippen LogP contribution in [0.15, 0.2) is 55.6 Å². The van der Waals surface area contributed by atoms with Gasteiger partial charge in [0.15, 0.2) is 0 Å². The van der Waals surface area contributed by atoms with Crippen LogP contribution >= 0.6 is 0 Å². The van der Waals surface area contributed by atoms with Gasteiger partial charge in [-0.15, -0.1) is 13.2 Å². The number of carbonyl (C=O) groups excluding carboxylic acids is 3. The van der Waals surface area contributed by atoms with Gasteiger partial charge in [-0.25, -0.2) is 0 Å². The zero-order valence-electron chi connectivity index (χ0n) is 25.6. The molecule has 2 bridgehead atoms. The van der Waals surface area contributed by atoms with Gasteiger partial charge in [-0.1, -0.05) is 74.6 Å². The molecular formula is C35H49N3O5. The summed E-state index contributed by atoms with van der Waals surface area (Å²) in [5, 5.41) is 9.22. The van der Waals surface area contributed by atoms with Gasteiger partial charge in [-0.2, -0.15) is 0 Å². The number of carbonyl (C=O) groups is 3. The fourth-order valence-corrected chi connectivity index (χ4v) is 8.21. The zero-order chi connectivity index (χ0) is 30.4. The van der Waals surface area contributed by atoms with Gasteiger partial charge < -0.3 is 24.5 Å². The molecule has 1 spiro atoms. The third kappa shape index (κ3) is 6.18. The first-order chi connectivity index (χ1) is 21.0. The molecule has 3 saturated heterocycles. The second-order valence-corrected chi connectivity index (χ2v) is 12.8. The Morgan fingerprint density at radius 3 is 2.40 bits per heavy atom. The smallest absolute Gasteiger partial charge is 0.248 e. The van der Waals surface area contributed by atoms with Crippen LogP contribution in [0, 0.1) is 11.8 Å². The van der Waals surface area contributed by atoms with E-state index in [9.17, 15) is 19.5 Å². The lowest BCUT2D eigenvalue weighted by Gasteiger charge is -2.40. The summed E-state index contributed by atoms with van der Waals surface area (Å²) in [6, 6.07) is 9.24. The highest BCUT2D eigenvalue weighted by Gasteiger charge is 2.74. The van der Waals surface area contributed by atoms with Crippen molar-refractivity contribution in [3.05, 3.63) is 61.2 Å². The number of fused-ring (bicyclic) bond motifs is 1. The molecule has 2 unspecified atom stereocenters. The van der Waals surface area contributed by atoms with Gasteiger partial charge in [0.25, 0.3) is 0 Å². The highest BCUT2D eigenvalue weighted by atomic mass is 16.5. The molecule has 8 heteroatoms. The van der Waals surface area contributed by atoms with E-state index in [4.69, 9.17) is 4.74 Å². The highest BCUT2D eigenvalue weighted by Crippen LogP contribution is 2.59. The predicted octanol–water partition coefficient (Wildman–Crippen LogP) is 4.48. The fraction of sp³-hybridized carbons (Fsp3) is 0.629. The van der Waals surface area contributed by atoms with Crippen molar-refractivity contribution >= 4 is 17.7 Å². The van der Waals surface area contributed by atoms with Crippen LogP contribution in [0.25, 0.3) is 0 Å². The molecule has 3 amide bonds. The van der Waals surface area contributed by atoms with E-state index in [1.165, 1.54) is 6.42 Å². The number of rotatable bonds is 15. The molecule has 1 aromatic rings. The van der Waals surface area contributed by atoms with Gasteiger partial charge >= 0.3 is 0 Å². The molecule has 4 aliphatic rings. The van der Waals surface area contributed by atoms with E-state index in [0.717, 1.165) is 56.9 Å². The Balaban J connectivity index is 1.46. The summed E-state index contributed by atoms with van der Waals surface area (Å²) in [6.45, 7) is 9.67. The number of nitrogens with zero attached hydrogens (tertiary/aromatic N) is 3. The molecule has 1 saturated carbocycles. The minimum Gasteiger partial charge on any atom is -0.396 e. The van der Waals surface area contributed by atoms with Crippen molar-refractivity contribution in [2.45, 2.75) is 101 Å². The number of hydrogen-bond acceptors (Lipinski definition) is 5. The van der Waals surface area contributed by atoms with Crippen LogP contribution < -0.4 is 0 Å². The van der Waals surface area contributed by atoms with E-state index >= 15 is 0 Å². The van der Waals surface area contributed by atoms with Crippen LogP contribution in [0.1, 0.15) is 76.2 Å². The van der Waals surface area contributed by atoms with Gasteiger partial charge in [0, 0.05) is 38.8 Å². The van der Waals surface area contributed by atoms with Gasteiger partial charge in [-0.3, -0.25) is 14.4 Å². The van der Waals surface area contributed by atoms with E-state index in [2.05, 4.69) is 13.2 Å². The molecule has 1 aliphatic carbocycles. The fourth-order valence-electron chi connectivity index (χ4n) is 8.21. The van der Waals surface area contributed by atoms with Crippen molar-refractivity contribution in [3.8, 4) is 0 Å². The SMILES string of the molecule is C=CCN(Cc1ccccc1)C(=O)[C@@H]1[C@@H]2CCC3(O2)C(C(=O)N(CC=C)C2CCCCC2)N(CCCCCCO)C(=O)[C@H]13. The van der Waals surface area contributed by atoms with Crippen molar-refractivity contribution < 1.29 is 24.2 Å². The summed E-state index contributed by atoms with van der Waals surface area (Å²) in [5.74, 6) is -1.58. The Bertz CT molecular complexity index is 1150. The Hall–Kier alpha value is -2.97. The van der Waals surface area contributed by atoms with Crippen molar-refractivity contribution in [3.63, 3.8) is 0 Å². The summed E-state index contributed by atoms with van der Waals surface area (Å²) in [6.07, 6.45) is 12.8. The third-order valence-corrected chi connectivity index (χ3v) is 10.1. The number of aliphatic hydroxyl groups is 1. The van der Waals surface area contributed by atoms with Gasteiger partial charge in [0.05, 0.1) is 17.9 Å². The number of ether oxygens (including phenoxy) is 1. The number of aliphatic hydroxyl groups excluding tert-OH is 1. The molecule has 234 valence electrons. The highest BCUT2D eigenvalue weighted by molar-refractivity contribution is 5.99. The average molecular weight is 592 g/mol. The van der Waals surface area contributed by atoms with Crippen LogP contribution in [0.3, 0.4) is 0 Å². The summed E-state index contributed by atoms with van der Waals surface area (Å²) in [7, 11) is 0. The normalized spacial score (nSPS) is 28.1. The first-order valence-corrected chi connectivity index (χ1v) is 16.4. The van der Waals surface area contributed by atoms with Crippen molar-refractivity contribution in [1.82, 2.24) is 14.7 Å². The molecule has 5 rings (SSSR count). The molecule has 0 radical (unpaired) electrons. The summed E-state index contributed by atoms with van der Waals surface area (Å²) in [5.41, 5.74) is 0.0182. The van der Waals surface area contributed by atoms with Crippen molar-refractivity contribution in [2.75, 3.05) is 26.2 Å². The molecule has 1 aromatic carbocycles. The maximum absolute atomic E-state index is 14.7. The molecule has 0 aromatic heterocycles. The number of likely N-dealkylation sites (tertiary alicyclic amines) is 1. The van der Waals surface area contributed by atoms with Crippen molar-refractivity contribution in [1.29, 1.82) is 0 Å². The minimum absolute atomic E-state index is 0.0565. The maximum atomic E-state index is 14.7. The van der Waals surface area contributed by atoms with Crippen molar-refractivity contribution in [2.24, 2.45) is 11.8 Å². The second kappa shape index (κ2) is 14.2. The molecular weight excluding hydrogens is 542 g/mol. The largest absolute Gasteiger partial charge is 0.396 e. The van der Waals surface area contributed by atoms with E-state index < -0.39 is 23.5 Å². The molecule has 3 aliphatic heterocycles. The van der Waals surface area contributed by atoms with Crippen LogP contribution in [-0.4, -0.2) is 87.6 Å². The van der Waals surface area contributed by atoms with Crippen LogP contribution in [-0.2, 0) is 25.7 Å². The Labute approximate surface area is 256 Å². The Kier molecular flexibility index (Phi) is 10.4. The predicted molar refractivity (Wildman–Crippen MR) is 166 cm³/mol. The molecule has 4 fully saturated rings. The van der Waals surface area contributed by atoms with E-state index in [1.807, 2.05) is 35.2 Å². The molecule has 8 nitrogen and oxygen atoms in total. The number of unbranched alkanes of at least 4 members (excludes halogenated alkanes) is 3. The van der Waals surface area contributed by atoms with Crippen LogP contribution in [0.5, 0.6) is 0 Å². The third-order valence-electron chi connectivity index (χ3n) is 10.1. The first kappa shape index (κ1) is 31.5. The Morgan fingerprint density at radius 1 is 0.977 bits per heavy atom. The lowest BCUT2D eigenvalue weighted by molar-refractivity contribution is -0.150. The summed E-state index contributed by atoms with van der Waals surface area (Å²) in [4.78, 5) is 48.9. The molecule has 5 atom stereocenters. The average Bonchev–Trinajstić information content (AvgIpc) is 3.67. The first-order valence-electron chi connectivity index (χ1n) is 16.4. The topological polar surface area (TPSA) is 90.4 Å². The maximum Gasteiger partial charge on any atom is 0.248 e. The van der Waals surface area contributed by atoms with Gasteiger partial charge in [-0.05, 0) is 44.1 Å². The molecule has 3 heterocycles. The minimum atomic E-state index is -0.995. The summed E-state index contributed by atoms with van der Waals surface area (Å²) >= 11 is 0. The van der Waals surface area contributed by atoms with Gasteiger partial charge in [0.2, 0.25) is 17.7 Å². The monoisotopic (exact) mass is 591 g/mol. The standard InChI is InChI=1S/C35H49N3O5/c1-3-21-36(25-26-15-9-7-10-16-26)32(40)29-28-19-20-35(43-28)30(29)33(41)38(23-13-5-6-14-24-39)31(35)34(42)37(22-4-2)27-17-11-8-12-18-27/h3-4,7,9-10,15-16,27-31,39H,1-2,5-6,8,11-14,17-25H2/t28-,29+,30-,31?,35?/m0/s1. The quantitative estimate of drug-likeness (QED) is 0.240. The van der Waals surface area contributed by atoms with E-state index in [-0.39, 0.29) is 36.5 Å². The number of hydrogen-bond donors (Lipinski definition) is 1. The zero-order valence-corrected chi connectivity index (χ0v) is 25.6. The lowest BCUT2D eigenvalue weighted by atomic mass is 9.70. The van der Waals surface area contributed by atoms with Crippen LogP contribution in [0.2, 0.25) is 0 Å². The summed E-state index contributed by atoms with van der Waals surface area (Å²) < 4.78 is 6.75. The molecule has 43 heavy (non-hydrogen) atoms. The number of benzene rings is 1. The lowest BCUT2D eigenvalue weighted by Crippen LogP contribution is -2.58.